The molecule has 0 aliphatic carbocycles. The molecule has 1 aliphatic heterocycles. The number of nitrogens with two attached hydrogens (primary N) is 1. The Bertz CT molecular complexity index is 462. The van der Waals surface area contributed by atoms with Crippen LogP contribution in [0.4, 0.5) is 10.1 Å². The number of benzene rings is 1. The van der Waals surface area contributed by atoms with Gasteiger partial charge in [0.1, 0.15) is 5.82 Å². The lowest BCUT2D eigenvalue weighted by Gasteiger charge is -2.44. The summed E-state index contributed by atoms with van der Waals surface area (Å²) in [5, 5.41) is 0. The first-order valence-corrected chi connectivity index (χ1v) is 7.33. The van der Waals surface area contributed by atoms with E-state index >= 15 is 0 Å². The molecule has 0 amide bonds. The van der Waals surface area contributed by atoms with Crippen molar-refractivity contribution >= 4 is 5.69 Å². The smallest absolute Gasteiger partial charge is 0.123 e. The van der Waals surface area contributed by atoms with Crippen molar-refractivity contribution in [2.45, 2.75) is 45.2 Å². The summed E-state index contributed by atoms with van der Waals surface area (Å²) in [5.41, 5.74) is 8.05. The number of hydrogen-bond acceptors (Lipinski definition) is 3. The van der Waals surface area contributed by atoms with Crippen LogP contribution in [0.15, 0.2) is 18.2 Å². The van der Waals surface area contributed by atoms with E-state index in [2.05, 4.69) is 25.7 Å². The van der Waals surface area contributed by atoms with Gasteiger partial charge in [0.2, 0.25) is 0 Å². The predicted molar refractivity (Wildman–Crippen MR) is 80.6 cm³/mol. The lowest BCUT2D eigenvalue weighted by molar-refractivity contribution is 0.0643. The minimum Gasteiger partial charge on any atom is -0.377 e. The van der Waals surface area contributed by atoms with Crippen molar-refractivity contribution in [3.05, 3.63) is 29.6 Å². The molecule has 0 bridgehead atoms. The second-order valence-corrected chi connectivity index (χ2v) is 6.16. The van der Waals surface area contributed by atoms with Crippen LogP contribution < -0.4 is 10.6 Å². The first-order valence-electron chi connectivity index (χ1n) is 7.33. The Morgan fingerprint density at radius 2 is 2.20 bits per heavy atom. The Kier molecular flexibility index (Phi) is 4.66. The average Bonchev–Trinajstić information content (AvgIpc) is 2.39. The zero-order valence-corrected chi connectivity index (χ0v) is 12.7. The molecule has 1 aliphatic rings. The van der Waals surface area contributed by atoms with E-state index in [1.54, 1.807) is 6.07 Å². The third-order valence-electron chi connectivity index (χ3n) is 3.98. The van der Waals surface area contributed by atoms with E-state index in [0.29, 0.717) is 19.6 Å². The van der Waals surface area contributed by atoms with Gasteiger partial charge in [-0.15, -0.1) is 0 Å². The van der Waals surface area contributed by atoms with Crippen molar-refractivity contribution in [3.8, 4) is 0 Å². The highest BCUT2D eigenvalue weighted by molar-refractivity contribution is 5.56. The standard InChI is InChI=1S/C16H25FN2O/c1-4-14(18)10-12-9-13(17)5-6-15(12)19-7-8-20-11-16(19,2)3/h5-6,9,14H,4,7-8,10-11,18H2,1-3H3. The number of rotatable bonds is 4. The number of ether oxygens (including phenoxy) is 1. The summed E-state index contributed by atoms with van der Waals surface area (Å²) in [7, 11) is 0. The van der Waals surface area contributed by atoms with Crippen LogP contribution in [0.2, 0.25) is 0 Å². The maximum atomic E-state index is 13.6. The summed E-state index contributed by atoms with van der Waals surface area (Å²) >= 11 is 0. The van der Waals surface area contributed by atoms with Crippen LogP contribution in [0.5, 0.6) is 0 Å². The van der Waals surface area contributed by atoms with Gasteiger partial charge in [0, 0.05) is 18.3 Å². The van der Waals surface area contributed by atoms with E-state index in [1.165, 1.54) is 6.07 Å². The monoisotopic (exact) mass is 280 g/mol. The van der Waals surface area contributed by atoms with E-state index in [-0.39, 0.29) is 17.4 Å². The lowest BCUT2D eigenvalue weighted by Crippen LogP contribution is -2.53. The topological polar surface area (TPSA) is 38.5 Å². The maximum Gasteiger partial charge on any atom is 0.123 e. The van der Waals surface area contributed by atoms with Gasteiger partial charge in [-0.25, -0.2) is 4.39 Å². The van der Waals surface area contributed by atoms with Gasteiger partial charge in [0.15, 0.2) is 0 Å². The Morgan fingerprint density at radius 3 is 2.85 bits per heavy atom. The van der Waals surface area contributed by atoms with Crippen molar-refractivity contribution in [1.82, 2.24) is 0 Å². The molecule has 3 nitrogen and oxygen atoms in total. The second-order valence-electron chi connectivity index (χ2n) is 6.16. The highest BCUT2D eigenvalue weighted by Crippen LogP contribution is 2.31. The van der Waals surface area contributed by atoms with Gasteiger partial charge in [-0.05, 0) is 50.5 Å². The van der Waals surface area contributed by atoms with Crippen LogP contribution in [0, 0.1) is 5.82 Å². The molecular weight excluding hydrogens is 255 g/mol. The summed E-state index contributed by atoms with van der Waals surface area (Å²) in [4.78, 5) is 2.31. The first-order chi connectivity index (χ1) is 9.44. The molecule has 0 saturated carbocycles. The molecule has 0 radical (unpaired) electrons. The predicted octanol–water partition coefficient (Wildman–Crippen LogP) is 2.72. The van der Waals surface area contributed by atoms with Gasteiger partial charge in [0.25, 0.3) is 0 Å². The highest BCUT2D eigenvalue weighted by Gasteiger charge is 2.32. The van der Waals surface area contributed by atoms with Crippen molar-refractivity contribution in [3.63, 3.8) is 0 Å². The van der Waals surface area contributed by atoms with Crippen molar-refractivity contribution in [2.24, 2.45) is 5.73 Å². The zero-order valence-electron chi connectivity index (χ0n) is 12.7. The van der Waals surface area contributed by atoms with Crippen LogP contribution in [0.3, 0.4) is 0 Å². The van der Waals surface area contributed by atoms with E-state index in [4.69, 9.17) is 10.5 Å². The van der Waals surface area contributed by atoms with Crippen molar-refractivity contribution in [2.75, 3.05) is 24.7 Å². The quantitative estimate of drug-likeness (QED) is 0.921. The molecule has 0 spiro atoms. The minimum absolute atomic E-state index is 0.0692. The average molecular weight is 280 g/mol. The molecule has 1 fully saturated rings. The molecule has 1 aromatic carbocycles. The van der Waals surface area contributed by atoms with Gasteiger partial charge in [0.05, 0.1) is 18.8 Å². The summed E-state index contributed by atoms with van der Waals surface area (Å²) in [6, 6.07) is 5.10. The molecule has 1 unspecified atom stereocenters. The number of hydrogen-bond donors (Lipinski definition) is 1. The van der Waals surface area contributed by atoms with Gasteiger partial charge < -0.3 is 15.4 Å². The molecule has 1 saturated heterocycles. The Balaban J connectivity index is 2.34. The van der Waals surface area contributed by atoms with Crippen LogP contribution in [0.25, 0.3) is 0 Å². The fourth-order valence-corrected chi connectivity index (χ4v) is 2.71. The molecule has 0 aromatic heterocycles. The minimum atomic E-state index is -0.196. The van der Waals surface area contributed by atoms with Gasteiger partial charge >= 0.3 is 0 Å². The molecular formula is C16H25FN2O. The summed E-state index contributed by atoms with van der Waals surface area (Å²) in [6.07, 6.45) is 1.60. The third kappa shape index (κ3) is 3.30. The summed E-state index contributed by atoms with van der Waals surface area (Å²) < 4.78 is 19.1. The fraction of sp³-hybridized carbons (Fsp3) is 0.625. The number of nitrogens with zero attached hydrogens (tertiary/aromatic N) is 1. The third-order valence-corrected chi connectivity index (χ3v) is 3.98. The molecule has 4 heteroatoms. The van der Waals surface area contributed by atoms with Crippen molar-refractivity contribution in [1.29, 1.82) is 0 Å². The second kappa shape index (κ2) is 6.10. The molecule has 20 heavy (non-hydrogen) atoms. The molecule has 1 aromatic rings. The molecule has 1 heterocycles. The van der Waals surface area contributed by atoms with Crippen LogP contribution in [0.1, 0.15) is 32.8 Å². The Labute approximate surface area is 120 Å². The molecule has 112 valence electrons. The van der Waals surface area contributed by atoms with Crippen LogP contribution in [-0.4, -0.2) is 31.3 Å². The van der Waals surface area contributed by atoms with E-state index in [0.717, 1.165) is 24.2 Å². The van der Waals surface area contributed by atoms with E-state index in [9.17, 15) is 4.39 Å². The van der Waals surface area contributed by atoms with Gasteiger partial charge in [-0.1, -0.05) is 6.92 Å². The SMILES string of the molecule is CCC(N)Cc1cc(F)ccc1N1CCOCC1(C)C. The highest BCUT2D eigenvalue weighted by atomic mass is 19.1. The normalized spacial score (nSPS) is 19.9. The fourth-order valence-electron chi connectivity index (χ4n) is 2.71. The first kappa shape index (κ1) is 15.3. The maximum absolute atomic E-state index is 13.6. The number of morpholine rings is 1. The zero-order chi connectivity index (χ0) is 14.8. The Hall–Kier alpha value is -1.13. The summed E-state index contributed by atoms with van der Waals surface area (Å²) in [5.74, 6) is -0.196. The van der Waals surface area contributed by atoms with E-state index in [1.807, 2.05) is 6.07 Å². The number of anilines is 1. The Morgan fingerprint density at radius 1 is 1.45 bits per heavy atom. The largest absolute Gasteiger partial charge is 0.377 e. The molecule has 2 rings (SSSR count). The molecule has 2 N–H and O–H groups in total. The molecule has 1 atom stereocenters. The van der Waals surface area contributed by atoms with Crippen molar-refractivity contribution < 1.29 is 9.13 Å². The summed E-state index contributed by atoms with van der Waals surface area (Å²) in [6.45, 7) is 8.58. The van der Waals surface area contributed by atoms with Crippen LogP contribution >= 0.6 is 0 Å². The number of halogens is 1. The van der Waals surface area contributed by atoms with Gasteiger partial charge in [-0.3, -0.25) is 0 Å². The van der Waals surface area contributed by atoms with Gasteiger partial charge in [-0.2, -0.15) is 0 Å². The lowest BCUT2D eigenvalue weighted by atomic mass is 9.96. The van der Waals surface area contributed by atoms with Crippen LogP contribution in [-0.2, 0) is 11.2 Å². The van der Waals surface area contributed by atoms with E-state index < -0.39 is 0 Å².